The summed E-state index contributed by atoms with van der Waals surface area (Å²) in [5, 5.41) is 32.5. The number of rotatable bonds is 5. The molecule has 1 unspecified atom stereocenters. The van der Waals surface area contributed by atoms with Crippen LogP contribution in [-0.4, -0.2) is 63.1 Å². The average Bonchev–Trinajstić information content (AvgIpc) is 3.33. The van der Waals surface area contributed by atoms with Crippen LogP contribution in [0.15, 0.2) is 54.1 Å². The molecule has 202 valence electrons. The summed E-state index contributed by atoms with van der Waals surface area (Å²) >= 11 is 0. The monoisotopic (exact) mass is 519 g/mol. The van der Waals surface area contributed by atoms with Gasteiger partial charge in [0.1, 0.15) is 12.6 Å². The first kappa shape index (κ1) is 25.7. The molecule has 4 aliphatic carbocycles. The highest BCUT2D eigenvalue weighted by Gasteiger charge is 2.75. The number of benzene rings is 1. The second kappa shape index (κ2) is 8.70. The lowest BCUT2D eigenvalue weighted by Crippen LogP contribution is -2.60. The molecular weight excluding hydrogens is 482 g/mol. The maximum Gasteiger partial charge on any atom is 0.321 e. The number of aliphatic hydroxyl groups is 2. The van der Waals surface area contributed by atoms with Gasteiger partial charge in [-0.2, -0.15) is 0 Å². The van der Waals surface area contributed by atoms with Crippen LogP contribution in [-0.2, 0) is 20.9 Å². The van der Waals surface area contributed by atoms with Crippen LogP contribution in [0, 0.1) is 39.9 Å². The minimum atomic E-state index is -1.05. The van der Waals surface area contributed by atoms with E-state index in [2.05, 4.69) is 13.8 Å². The Morgan fingerprint density at radius 1 is 1.13 bits per heavy atom. The van der Waals surface area contributed by atoms with Crippen LogP contribution in [0.25, 0.3) is 0 Å². The molecule has 38 heavy (non-hydrogen) atoms. The Balaban J connectivity index is 1.43. The van der Waals surface area contributed by atoms with E-state index in [1.165, 1.54) is 0 Å². The van der Waals surface area contributed by atoms with E-state index in [0.717, 1.165) is 24.0 Å². The summed E-state index contributed by atoms with van der Waals surface area (Å²) in [6, 6.07) is 8.84. The van der Waals surface area contributed by atoms with Crippen molar-refractivity contribution in [2.45, 2.75) is 58.2 Å². The molecule has 7 nitrogen and oxygen atoms in total. The van der Waals surface area contributed by atoms with Crippen molar-refractivity contribution in [1.82, 2.24) is 4.90 Å². The smallest absolute Gasteiger partial charge is 0.321 e. The first-order valence-corrected chi connectivity index (χ1v) is 13.8. The van der Waals surface area contributed by atoms with E-state index in [1.807, 2.05) is 41.3 Å². The number of carboxylic acids is 1. The van der Waals surface area contributed by atoms with Crippen molar-refractivity contribution < 1.29 is 29.7 Å². The summed E-state index contributed by atoms with van der Waals surface area (Å²) in [6.07, 6.45) is 7.08. The van der Waals surface area contributed by atoms with Crippen LogP contribution in [0.3, 0.4) is 0 Å². The first-order chi connectivity index (χ1) is 18.1. The van der Waals surface area contributed by atoms with E-state index >= 15 is 0 Å². The molecule has 0 bridgehead atoms. The van der Waals surface area contributed by atoms with Crippen molar-refractivity contribution in [3.8, 4) is 0 Å². The van der Waals surface area contributed by atoms with Crippen molar-refractivity contribution in [3.05, 3.63) is 59.7 Å². The molecule has 3 saturated carbocycles. The van der Waals surface area contributed by atoms with Crippen molar-refractivity contribution >= 4 is 17.5 Å². The average molecular weight is 520 g/mol. The fourth-order valence-corrected chi connectivity index (χ4v) is 9.94. The molecule has 0 radical (unpaired) electrons. The van der Waals surface area contributed by atoms with Crippen molar-refractivity contribution in [1.29, 1.82) is 0 Å². The second-order valence-electron chi connectivity index (χ2n) is 12.8. The van der Waals surface area contributed by atoms with Gasteiger partial charge in [-0.3, -0.25) is 19.3 Å². The van der Waals surface area contributed by atoms with Gasteiger partial charge < -0.3 is 15.3 Å². The van der Waals surface area contributed by atoms with Crippen LogP contribution in [0.1, 0.15) is 45.1 Å². The lowest BCUT2D eigenvalue weighted by molar-refractivity contribution is -0.159. The number of hydrogen-bond donors (Lipinski definition) is 3. The largest absolute Gasteiger partial charge is 0.480 e. The maximum absolute atomic E-state index is 13.8. The highest BCUT2D eigenvalue weighted by Crippen LogP contribution is 2.73. The summed E-state index contributed by atoms with van der Waals surface area (Å²) in [7, 11) is 0. The number of allylic oxidation sites excluding steroid dienone is 4. The van der Waals surface area contributed by atoms with E-state index in [-0.39, 0.29) is 35.9 Å². The van der Waals surface area contributed by atoms with Gasteiger partial charge >= 0.3 is 5.97 Å². The first-order valence-electron chi connectivity index (χ1n) is 13.8. The second-order valence-corrected chi connectivity index (χ2v) is 12.8. The molecule has 7 heteroatoms. The molecule has 6 rings (SSSR count). The molecule has 4 fully saturated rings. The van der Waals surface area contributed by atoms with Gasteiger partial charge in [0, 0.05) is 24.4 Å². The molecule has 1 heterocycles. The molecular formula is C31H37NO6. The van der Waals surface area contributed by atoms with E-state index in [0.29, 0.717) is 19.4 Å². The Hall–Kier alpha value is -2.61. The number of carbonyl (C=O) groups is 3. The van der Waals surface area contributed by atoms with Gasteiger partial charge in [-0.1, -0.05) is 55.8 Å². The Labute approximate surface area is 223 Å². The lowest BCUT2D eigenvalue weighted by atomic mass is 9.44. The summed E-state index contributed by atoms with van der Waals surface area (Å²) in [5.74, 6) is -1.67. The van der Waals surface area contributed by atoms with Crippen LogP contribution < -0.4 is 0 Å². The highest BCUT2D eigenvalue weighted by atomic mass is 16.4. The zero-order valence-electron chi connectivity index (χ0n) is 22.0. The highest BCUT2D eigenvalue weighted by molar-refractivity contribution is 6.01. The Morgan fingerprint density at radius 2 is 1.87 bits per heavy atom. The minimum absolute atomic E-state index is 0.0169. The Kier molecular flexibility index (Phi) is 5.87. The number of fused-ring (bicyclic) bond motifs is 7. The molecule has 0 amide bonds. The Morgan fingerprint density at radius 3 is 2.55 bits per heavy atom. The van der Waals surface area contributed by atoms with Crippen molar-refractivity contribution in [3.63, 3.8) is 0 Å². The number of carboxylic acid groups (broad SMARTS) is 1. The fraction of sp³-hybridized carbons (Fsp3) is 0.581. The lowest BCUT2D eigenvalue weighted by Gasteiger charge is -2.60. The number of Topliss-reactive ketones (excluding diaryl/α,β-unsaturated/α-hetero) is 1. The van der Waals surface area contributed by atoms with Crippen molar-refractivity contribution in [2.24, 2.45) is 39.9 Å². The predicted molar refractivity (Wildman–Crippen MR) is 140 cm³/mol. The third kappa shape index (κ3) is 3.28. The number of ketones is 2. The summed E-state index contributed by atoms with van der Waals surface area (Å²) in [5.41, 5.74) is -0.0941. The third-order valence-corrected chi connectivity index (χ3v) is 11.4. The van der Waals surface area contributed by atoms with Crippen LogP contribution in [0.5, 0.6) is 0 Å². The third-order valence-electron chi connectivity index (χ3n) is 11.4. The van der Waals surface area contributed by atoms with E-state index < -0.39 is 46.9 Å². The summed E-state index contributed by atoms with van der Waals surface area (Å²) < 4.78 is 0. The number of aliphatic carboxylic acids is 1. The minimum Gasteiger partial charge on any atom is -0.480 e. The Bertz CT molecular complexity index is 1240. The molecule has 5 aliphatic rings. The quantitative estimate of drug-likeness (QED) is 0.548. The maximum atomic E-state index is 13.8. The predicted octanol–water partition coefficient (Wildman–Crippen LogP) is 3.01. The topological polar surface area (TPSA) is 115 Å². The van der Waals surface area contributed by atoms with Crippen LogP contribution in [0.2, 0.25) is 0 Å². The van der Waals surface area contributed by atoms with Gasteiger partial charge in [0.05, 0.1) is 11.5 Å². The van der Waals surface area contributed by atoms with Gasteiger partial charge in [0.15, 0.2) is 11.6 Å². The van der Waals surface area contributed by atoms with Gasteiger partial charge in [-0.15, -0.1) is 0 Å². The molecule has 0 aromatic heterocycles. The summed E-state index contributed by atoms with van der Waals surface area (Å²) in [6.45, 7) is 4.22. The van der Waals surface area contributed by atoms with Crippen LogP contribution >= 0.6 is 0 Å². The molecule has 1 aliphatic heterocycles. The molecule has 9 atom stereocenters. The van der Waals surface area contributed by atoms with E-state index in [1.54, 1.807) is 12.2 Å². The van der Waals surface area contributed by atoms with Gasteiger partial charge in [0.25, 0.3) is 0 Å². The van der Waals surface area contributed by atoms with Gasteiger partial charge in [-0.25, -0.2) is 0 Å². The molecule has 0 spiro atoms. The summed E-state index contributed by atoms with van der Waals surface area (Å²) in [4.78, 5) is 40.7. The van der Waals surface area contributed by atoms with Gasteiger partial charge in [-0.05, 0) is 66.6 Å². The van der Waals surface area contributed by atoms with Crippen LogP contribution in [0.4, 0.5) is 0 Å². The molecule has 1 saturated heterocycles. The zero-order chi connectivity index (χ0) is 27.0. The number of likely N-dealkylation sites (tertiary alicyclic amines) is 1. The molecule has 1 aromatic carbocycles. The number of aliphatic hydroxyl groups excluding tert-OH is 2. The van der Waals surface area contributed by atoms with E-state index in [4.69, 9.17) is 0 Å². The van der Waals surface area contributed by atoms with E-state index in [9.17, 15) is 29.7 Å². The fourth-order valence-electron chi connectivity index (χ4n) is 9.94. The van der Waals surface area contributed by atoms with Crippen molar-refractivity contribution in [2.75, 3.05) is 13.2 Å². The number of carbonyl (C=O) groups excluding carboxylic acids is 2. The molecule has 3 N–H and O–H groups in total. The molecule has 1 aromatic rings. The zero-order valence-corrected chi connectivity index (χ0v) is 22.0. The number of hydrogen-bond acceptors (Lipinski definition) is 6. The van der Waals surface area contributed by atoms with Gasteiger partial charge in [0.2, 0.25) is 0 Å². The SMILES string of the molecule is C[C@]12C=CC(=O)C=C1CC[C@@H]1[C@@H]2[C@@H](O)C[C@@]2(C)[C@H]1C[C@H]1C(C(=O)O)N(Cc3ccccc3)C[C@]12C(=O)CO. The normalized spacial score (nSPS) is 43.6. The standard InChI is InChI=1S/C31H37NO6/c1-29-11-10-20(34)12-19(29)8-9-21-22-13-23-27(28(37)38)32(15-18-6-4-3-5-7-18)17-31(23,25(36)16-33)30(22,2)14-24(35)26(21)29/h3-7,10-12,21-24,26-27,33,35H,8-9,13-17H2,1-2H3,(H,37,38)/t21-,22-,23-,24-,26+,27?,29-,30-,31+/m0/s1. The number of nitrogens with zero attached hydrogens (tertiary/aromatic N) is 1.